The highest BCUT2D eigenvalue weighted by molar-refractivity contribution is 6.30. The van der Waals surface area contributed by atoms with Crippen LogP contribution in [0.25, 0.3) is 11.3 Å². The fourth-order valence-electron chi connectivity index (χ4n) is 2.22. The molecule has 5 heteroatoms. The summed E-state index contributed by atoms with van der Waals surface area (Å²) in [6.07, 6.45) is 1.62. The molecule has 0 unspecified atom stereocenters. The highest BCUT2D eigenvalue weighted by Crippen LogP contribution is 2.23. The first-order valence-electron chi connectivity index (χ1n) is 6.36. The number of nitrogens with one attached hydrogen (secondary N) is 1. The van der Waals surface area contributed by atoms with Gasteiger partial charge in [-0.15, -0.1) is 0 Å². The van der Waals surface area contributed by atoms with E-state index in [4.69, 9.17) is 11.6 Å². The number of hydrogen-bond donors (Lipinski definition) is 1. The van der Waals surface area contributed by atoms with Gasteiger partial charge in [0.15, 0.2) is 0 Å². The molecule has 98 valence electrons. The minimum Gasteiger partial charge on any atom is -0.354 e. The van der Waals surface area contributed by atoms with E-state index in [1.807, 2.05) is 30.3 Å². The van der Waals surface area contributed by atoms with Gasteiger partial charge in [0.25, 0.3) is 0 Å². The first kappa shape index (κ1) is 12.4. The van der Waals surface area contributed by atoms with Crippen molar-refractivity contribution in [3.05, 3.63) is 41.7 Å². The summed E-state index contributed by atoms with van der Waals surface area (Å²) in [5.41, 5.74) is 1.93. The van der Waals surface area contributed by atoms with E-state index >= 15 is 0 Å². The Kier molecular flexibility index (Phi) is 3.62. The predicted molar refractivity (Wildman–Crippen MR) is 77.6 cm³/mol. The van der Waals surface area contributed by atoms with Crippen LogP contribution in [0.15, 0.2) is 36.7 Å². The number of hydrogen-bond acceptors (Lipinski definition) is 4. The fraction of sp³-hybridized carbons (Fsp3) is 0.286. The third kappa shape index (κ3) is 2.85. The zero-order valence-corrected chi connectivity index (χ0v) is 11.3. The van der Waals surface area contributed by atoms with Crippen molar-refractivity contribution in [1.29, 1.82) is 0 Å². The number of nitrogens with zero attached hydrogens (tertiary/aromatic N) is 3. The molecule has 1 fully saturated rings. The quantitative estimate of drug-likeness (QED) is 0.912. The average molecular weight is 275 g/mol. The summed E-state index contributed by atoms with van der Waals surface area (Å²) in [5, 5.41) is 4.06. The summed E-state index contributed by atoms with van der Waals surface area (Å²) in [4.78, 5) is 11.0. The molecule has 2 aromatic rings. The van der Waals surface area contributed by atoms with E-state index in [0.29, 0.717) is 0 Å². The third-order valence-corrected chi connectivity index (χ3v) is 3.45. The maximum atomic E-state index is 6.02. The zero-order chi connectivity index (χ0) is 13.1. The zero-order valence-electron chi connectivity index (χ0n) is 10.5. The number of aromatic nitrogens is 2. The van der Waals surface area contributed by atoms with E-state index in [1.165, 1.54) is 0 Å². The summed E-state index contributed by atoms with van der Waals surface area (Å²) < 4.78 is 0. The van der Waals surface area contributed by atoms with E-state index in [2.05, 4.69) is 20.2 Å². The molecule has 0 spiro atoms. The Morgan fingerprint density at radius 2 is 1.95 bits per heavy atom. The molecule has 0 bridgehead atoms. The molecule has 1 aromatic heterocycles. The molecule has 0 radical (unpaired) electrons. The number of piperazine rings is 1. The predicted octanol–water partition coefficient (Wildman–Crippen LogP) is 2.21. The van der Waals surface area contributed by atoms with Gasteiger partial charge in [-0.1, -0.05) is 23.7 Å². The van der Waals surface area contributed by atoms with E-state index in [9.17, 15) is 0 Å². The van der Waals surface area contributed by atoms with Crippen molar-refractivity contribution in [3.63, 3.8) is 0 Å². The molecular weight excluding hydrogens is 260 g/mol. The Labute approximate surface area is 117 Å². The van der Waals surface area contributed by atoms with Gasteiger partial charge in [0, 0.05) is 42.8 Å². The maximum Gasteiger partial charge on any atom is 0.132 e. The molecule has 1 N–H and O–H groups in total. The number of halogens is 1. The minimum atomic E-state index is 0.722. The SMILES string of the molecule is Clc1cccc(-c2cc(N3CCNCC3)ncn2)c1. The molecule has 0 aliphatic carbocycles. The second-order valence-electron chi connectivity index (χ2n) is 4.51. The molecule has 4 nitrogen and oxygen atoms in total. The number of anilines is 1. The number of rotatable bonds is 2. The Morgan fingerprint density at radius 3 is 2.74 bits per heavy atom. The lowest BCUT2D eigenvalue weighted by Crippen LogP contribution is -2.43. The van der Waals surface area contributed by atoms with Gasteiger partial charge in [0.2, 0.25) is 0 Å². The second kappa shape index (κ2) is 5.55. The van der Waals surface area contributed by atoms with Gasteiger partial charge < -0.3 is 10.2 Å². The fourth-order valence-corrected chi connectivity index (χ4v) is 2.41. The Morgan fingerprint density at radius 1 is 1.11 bits per heavy atom. The van der Waals surface area contributed by atoms with Gasteiger partial charge in [0.1, 0.15) is 12.1 Å². The molecule has 2 heterocycles. The van der Waals surface area contributed by atoms with Crippen LogP contribution >= 0.6 is 11.6 Å². The molecule has 1 aliphatic rings. The topological polar surface area (TPSA) is 41.0 Å². The van der Waals surface area contributed by atoms with Gasteiger partial charge in [-0.3, -0.25) is 0 Å². The van der Waals surface area contributed by atoms with E-state index in [0.717, 1.165) is 48.3 Å². The van der Waals surface area contributed by atoms with Gasteiger partial charge >= 0.3 is 0 Å². The largest absolute Gasteiger partial charge is 0.354 e. The molecular formula is C14H15ClN4. The summed E-state index contributed by atoms with van der Waals surface area (Å²) >= 11 is 6.02. The summed E-state index contributed by atoms with van der Waals surface area (Å²) in [6, 6.07) is 9.76. The molecule has 1 saturated heterocycles. The van der Waals surface area contributed by atoms with Gasteiger partial charge in [-0.2, -0.15) is 0 Å². The van der Waals surface area contributed by atoms with Crippen molar-refractivity contribution < 1.29 is 0 Å². The van der Waals surface area contributed by atoms with Crippen LogP contribution in [0.3, 0.4) is 0 Å². The van der Waals surface area contributed by atoms with Crippen molar-refractivity contribution in [2.45, 2.75) is 0 Å². The van der Waals surface area contributed by atoms with Crippen molar-refractivity contribution in [2.24, 2.45) is 0 Å². The Balaban J connectivity index is 1.91. The van der Waals surface area contributed by atoms with Crippen LogP contribution in [-0.4, -0.2) is 36.1 Å². The van der Waals surface area contributed by atoms with Crippen LogP contribution in [0.5, 0.6) is 0 Å². The van der Waals surface area contributed by atoms with Crippen LogP contribution < -0.4 is 10.2 Å². The molecule has 3 rings (SSSR count). The number of benzene rings is 1. The highest BCUT2D eigenvalue weighted by Gasteiger charge is 2.12. The smallest absolute Gasteiger partial charge is 0.132 e. The summed E-state index contributed by atoms with van der Waals surface area (Å²) in [7, 11) is 0. The lowest BCUT2D eigenvalue weighted by Gasteiger charge is -2.28. The van der Waals surface area contributed by atoms with E-state index in [-0.39, 0.29) is 0 Å². The van der Waals surface area contributed by atoms with Gasteiger partial charge in [-0.25, -0.2) is 9.97 Å². The van der Waals surface area contributed by atoms with Crippen LogP contribution in [0.1, 0.15) is 0 Å². The van der Waals surface area contributed by atoms with Crippen LogP contribution in [0.4, 0.5) is 5.82 Å². The first-order valence-corrected chi connectivity index (χ1v) is 6.74. The lowest BCUT2D eigenvalue weighted by molar-refractivity contribution is 0.584. The molecule has 0 saturated carbocycles. The van der Waals surface area contributed by atoms with E-state index in [1.54, 1.807) is 6.33 Å². The second-order valence-corrected chi connectivity index (χ2v) is 4.95. The Bertz CT molecular complexity index is 567. The molecule has 1 aliphatic heterocycles. The minimum absolute atomic E-state index is 0.722. The van der Waals surface area contributed by atoms with Crippen LogP contribution in [0, 0.1) is 0 Å². The average Bonchev–Trinajstić information content (AvgIpc) is 2.48. The Hall–Kier alpha value is -1.65. The van der Waals surface area contributed by atoms with E-state index < -0.39 is 0 Å². The summed E-state index contributed by atoms with van der Waals surface area (Å²) in [6.45, 7) is 3.95. The molecule has 0 atom stereocenters. The van der Waals surface area contributed by atoms with Crippen LogP contribution in [-0.2, 0) is 0 Å². The van der Waals surface area contributed by atoms with Gasteiger partial charge in [-0.05, 0) is 12.1 Å². The van der Waals surface area contributed by atoms with Crippen molar-refractivity contribution in [1.82, 2.24) is 15.3 Å². The van der Waals surface area contributed by atoms with Crippen molar-refractivity contribution >= 4 is 17.4 Å². The monoisotopic (exact) mass is 274 g/mol. The lowest BCUT2D eigenvalue weighted by atomic mass is 10.1. The summed E-state index contributed by atoms with van der Waals surface area (Å²) in [5.74, 6) is 0.978. The van der Waals surface area contributed by atoms with Crippen LogP contribution in [0.2, 0.25) is 5.02 Å². The van der Waals surface area contributed by atoms with Crippen molar-refractivity contribution in [2.75, 3.05) is 31.1 Å². The maximum absolute atomic E-state index is 6.02. The molecule has 19 heavy (non-hydrogen) atoms. The first-order chi connectivity index (χ1) is 9.33. The third-order valence-electron chi connectivity index (χ3n) is 3.21. The highest BCUT2D eigenvalue weighted by atomic mass is 35.5. The standard InChI is InChI=1S/C14H15ClN4/c15-12-3-1-2-11(8-12)13-9-14(18-10-17-13)19-6-4-16-5-7-19/h1-3,8-10,16H,4-7H2. The normalized spacial score (nSPS) is 15.5. The van der Waals surface area contributed by atoms with Crippen molar-refractivity contribution in [3.8, 4) is 11.3 Å². The van der Waals surface area contributed by atoms with Gasteiger partial charge in [0.05, 0.1) is 5.69 Å². The molecule has 1 aromatic carbocycles. The molecule has 0 amide bonds.